The highest BCUT2D eigenvalue weighted by Gasteiger charge is 2.37. The molecular weight excluding hydrogens is 434 g/mol. The Bertz CT molecular complexity index is 1670. The minimum absolute atomic E-state index is 0.119. The summed E-state index contributed by atoms with van der Waals surface area (Å²) >= 11 is 0. The molecule has 1 atom stereocenters. The van der Waals surface area contributed by atoms with Gasteiger partial charge in [0.25, 0.3) is 5.56 Å². The maximum absolute atomic E-state index is 12.8. The Morgan fingerprint density at radius 1 is 0.971 bits per heavy atom. The molecule has 0 aliphatic rings. The number of fused-ring (bicyclic) bond motifs is 1. The van der Waals surface area contributed by atoms with Gasteiger partial charge in [0.05, 0.1) is 23.7 Å². The first kappa shape index (κ1) is 22.4. The summed E-state index contributed by atoms with van der Waals surface area (Å²) in [5.74, 6) is 2.66. The second kappa shape index (κ2) is 8.43. The van der Waals surface area contributed by atoms with Crippen LogP contribution in [0.5, 0.6) is 0 Å². The minimum Gasteiger partial charge on any atom is -0.374 e. The molecule has 2 aromatic heterocycles. The molecule has 0 amide bonds. The Kier molecular flexibility index (Phi) is 5.39. The van der Waals surface area contributed by atoms with E-state index in [4.69, 9.17) is 6.42 Å². The van der Waals surface area contributed by atoms with Gasteiger partial charge in [-0.2, -0.15) is 0 Å². The van der Waals surface area contributed by atoms with E-state index in [0.29, 0.717) is 11.3 Å². The van der Waals surface area contributed by atoms with Crippen LogP contribution in [0, 0.1) is 19.3 Å². The quantitative estimate of drug-likeness (QED) is 0.402. The van der Waals surface area contributed by atoms with Gasteiger partial charge < -0.3 is 14.2 Å². The first-order valence-corrected chi connectivity index (χ1v) is 11.3. The molecule has 0 unspecified atom stereocenters. The van der Waals surface area contributed by atoms with E-state index in [2.05, 4.69) is 10.9 Å². The van der Waals surface area contributed by atoms with E-state index in [1.807, 2.05) is 85.3 Å². The second-order valence-corrected chi connectivity index (χ2v) is 8.88. The first-order chi connectivity index (χ1) is 16.8. The van der Waals surface area contributed by atoms with Crippen LogP contribution in [0.4, 0.5) is 0 Å². The molecule has 0 bridgehead atoms. The van der Waals surface area contributed by atoms with Gasteiger partial charge in [-0.3, -0.25) is 4.79 Å². The van der Waals surface area contributed by atoms with Crippen LogP contribution in [-0.4, -0.2) is 19.2 Å². The Morgan fingerprint density at radius 3 is 2.40 bits per heavy atom. The number of aromatic nitrogens is 3. The van der Waals surface area contributed by atoms with Gasteiger partial charge in [-0.25, -0.2) is 4.98 Å². The molecule has 5 aromatic rings. The molecule has 3 aromatic carbocycles. The van der Waals surface area contributed by atoms with E-state index in [1.54, 1.807) is 30.2 Å². The summed E-state index contributed by atoms with van der Waals surface area (Å²) in [5, 5.41) is 13.2. The number of aliphatic hydroxyl groups is 1. The zero-order valence-corrected chi connectivity index (χ0v) is 19.9. The Balaban J connectivity index is 1.84. The van der Waals surface area contributed by atoms with Crippen molar-refractivity contribution in [2.45, 2.75) is 12.5 Å². The van der Waals surface area contributed by atoms with Crippen molar-refractivity contribution in [3.63, 3.8) is 0 Å². The Hall–Kier alpha value is -4.40. The summed E-state index contributed by atoms with van der Waals surface area (Å²) in [4.78, 5) is 17.1. The van der Waals surface area contributed by atoms with Gasteiger partial charge in [0.2, 0.25) is 0 Å². The number of nitrogens with zero attached hydrogens (tertiary/aromatic N) is 3. The highest BCUT2D eigenvalue weighted by Crippen LogP contribution is 2.39. The van der Waals surface area contributed by atoms with E-state index in [1.165, 1.54) is 0 Å². The summed E-state index contributed by atoms with van der Waals surface area (Å²) in [6.07, 6.45) is 8.99. The maximum atomic E-state index is 12.8. The molecule has 0 aliphatic heterocycles. The fourth-order valence-corrected chi connectivity index (χ4v) is 4.66. The molecule has 5 nitrogen and oxygen atoms in total. The highest BCUT2D eigenvalue weighted by atomic mass is 16.3. The fraction of sp³-hybridized carbons (Fsp3) is 0.133. The average molecular weight is 460 g/mol. The van der Waals surface area contributed by atoms with Crippen molar-refractivity contribution in [2.24, 2.45) is 14.1 Å². The van der Waals surface area contributed by atoms with Gasteiger partial charge >= 0.3 is 0 Å². The summed E-state index contributed by atoms with van der Waals surface area (Å²) in [5.41, 5.74) is 4.67. The van der Waals surface area contributed by atoms with Crippen LogP contribution in [0.3, 0.4) is 0 Å². The fourth-order valence-electron chi connectivity index (χ4n) is 4.66. The van der Waals surface area contributed by atoms with Gasteiger partial charge in [-0.05, 0) is 53.4 Å². The van der Waals surface area contributed by atoms with Gasteiger partial charge in [0, 0.05) is 31.1 Å². The number of benzene rings is 3. The Morgan fingerprint density at radius 2 is 1.71 bits per heavy atom. The van der Waals surface area contributed by atoms with Crippen LogP contribution >= 0.6 is 0 Å². The van der Waals surface area contributed by atoms with Gasteiger partial charge in [-0.1, -0.05) is 53.9 Å². The van der Waals surface area contributed by atoms with Gasteiger partial charge in [-0.15, -0.1) is 6.42 Å². The lowest BCUT2D eigenvalue weighted by Crippen LogP contribution is -2.31. The largest absolute Gasteiger partial charge is 0.374 e. The minimum atomic E-state index is -1.46. The third kappa shape index (κ3) is 3.65. The van der Waals surface area contributed by atoms with Crippen molar-refractivity contribution in [3.8, 4) is 23.5 Å². The second-order valence-electron chi connectivity index (χ2n) is 8.88. The molecule has 0 saturated heterocycles. The van der Waals surface area contributed by atoms with Crippen molar-refractivity contribution >= 4 is 10.9 Å². The lowest BCUT2D eigenvalue weighted by Gasteiger charge is -2.30. The lowest BCUT2D eigenvalue weighted by molar-refractivity contribution is 0.117. The third-order valence-electron chi connectivity index (χ3n) is 6.66. The molecule has 5 rings (SSSR count). The number of pyridine rings is 1. The van der Waals surface area contributed by atoms with Crippen LogP contribution in [0.15, 0.2) is 90.1 Å². The molecule has 5 heteroatoms. The topological polar surface area (TPSA) is 60.1 Å². The molecule has 0 aliphatic carbocycles. The van der Waals surface area contributed by atoms with Crippen LogP contribution in [0.25, 0.3) is 22.0 Å². The zero-order chi connectivity index (χ0) is 24.7. The molecule has 0 spiro atoms. The van der Waals surface area contributed by atoms with Crippen LogP contribution in [-0.2, 0) is 19.7 Å². The maximum Gasteiger partial charge on any atom is 0.251 e. The molecule has 35 heavy (non-hydrogen) atoms. The molecule has 0 saturated carbocycles. The van der Waals surface area contributed by atoms with Crippen molar-refractivity contribution in [1.82, 2.24) is 14.1 Å². The van der Waals surface area contributed by atoms with Gasteiger partial charge in [0.1, 0.15) is 0 Å². The van der Waals surface area contributed by atoms with Gasteiger partial charge in [0.15, 0.2) is 5.60 Å². The van der Waals surface area contributed by atoms with E-state index < -0.39 is 5.60 Å². The zero-order valence-electron chi connectivity index (χ0n) is 19.9. The average Bonchev–Trinajstić information content (AvgIpc) is 3.32. The summed E-state index contributed by atoms with van der Waals surface area (Å²) < 4.78 is 3.44. The number of hydrogen-bond acceptors (Lipinski definition) is 3. The predicted octanol–water partition coefficient (Wildman–Crippen LogP) is 4.51. The van der Waals surface area contributed by atoms with E-state index >= 15 is 0 Å². The number of rotatable bonds is 4. The van der Waals surface area contributed by atoms with Crippen molar-refractivity contribution in [2.75, 3.05) is 0 Å². The number of aryl methyl sites for hydroxylation is 3. The van der Waals surface area contributed by atoms with Crippen LogP contribution in [0.2, 0.25) is 0 Å². The predicted molar refractivity (Wildman–Crippen MR) is 139 cm³/mol. The number of imidazole rings is 1. The third-order valence-corrected chi connectivity index (χ3v) is 6.66. The Labute approximate surface area is 203 Å². The molecule has 0 fully saturated rings. The van der Waals surface area contributed by atoms with Crippen molar-refractivity contribution < 1.29 is 5.11 Å². The van der Waals surface area contributed by atoms with E-state index in [-0.39, 0.29) is 5.56 Å². The summed E-state index contributed by atoms with van der Waals surface area (Å²) in [6.45, 7) is 2.01. The van der Waals surface area contributed by atoms with E-state index in [9.17, 15) is 9.90 Å². The van der Waals surface area contributed by atoms with Crippen molar-refractivity contribution in [3.05, 3.63) is 124 Å². The van der Waals surface area contributed by atoms with E-state index in [0.717, 1.165) is 38.7 Å². The molecule has 1 N–H and O–H groups in total. The SMILES string of the molecule is C#Cc1cccc(-c2cc(=O)n(C)c3ccc([C@](O)(c4ccc(C)cc4)c4cncn4C)cc23)c1. The van der Waals surface area contributed by atoms with Crippen LogP contribution in [0.1, 0.15) is 27.9 Å². The molecule has 0 radical (unpaired) electrons. The first-order valence-electron chi connectivity index (χ1n) is 11.3. The summed E-state index contributed by atoms with van der Waals surface area (Å²) in [7, 11) is 3.61. The van der Waals surface area contributed by atoms with Crippen LogP contribution < -0.4 is 5.56 Å². The van der Waals surface area contributed by atoms with Crippen molar-refractivity contribution in [1.29, 1.82) is 0 Å². The standard InChI is InChI=1S/C30H25N3O2/c1-5-21-7-6-8-22(15-21)25-17-29(34)33(4)27-14-13-24(16-26(25)27)30(35,28-18-31-19-32(28)3)23-11-9-20(2)10-12-23/h1,6-19,35H,2-4H3/t30-/m1/s1. The highest BCUT2D eigenvalue weighted by molar-refractivity contribution is 5.95. The number of hydrogen-bond donors (Lipinski definition) is 1. The smallest absolute Gasteiger partial charge is 0.251 e. The normalized spacial score (nSPS) is 12.9. The molecule has 172 valence electrons. The number of terminal acetylenes is 1. The summed E-state index contributed by atoms with van der Waals surface area (Å²) in [6, 6.07) is 22.8. The monoisotopic (exact) mass is 459 g/mol. The molecular formula is C30H25N3O2. The lowest BCUT2D eigenvalue weighted by atomic mass is 9.82. The molecule has 2 heterocycles.